The number of anilines is 2. The molecule has 0 unspecified atom stereocenters. The molecule has 3 rings (SSSR count). The Labute approximate surface area is 192 Å². The maximum absolute atomic E-state index is 13.3. The molecule has 1 atom stereocenters. The first kappa shape index (κ1) is 25.5. The van der Waals surface area contributed by atoms with Crippen LogP contribution < -0.4 is 10.2 Å². The van der Waals surface area contributed by atoms with Crippen molar-refractivity contribution in [3.63, 3.8) is 0 Å². The number of aryl methyl sites for hydroxylation is 2. The summed E-state index contributed by atoms with van der Waals surface area (Å²) in [4.78, 5) is 29.1. The van der Waals surface area contributed by atoms with Crippen LogP contribution in [0.25, 0.3) is 0 Å². The number of hydrogen-bond acceptors (Lipinski definition) is 3. The molecule has 2 amide bonds. The number of carbonyl (C=O) groups is 2. The topological polar surface area (TPSA) is 52.7 Å². The fourth-order valence-corrected chi connectivity index (χ4v) is 4.12. The van der Waals surface area contributed by atoms with E-state index in [1.54, 1.807) is 26.0 Å². The second-order valence-corrected chi connectivity index (χ2v) is 8.57. The number of rotatable bonds is 4. The summed E-state index contributed by atoms with van der Waals surface area (Å²) in [5, 5.41) is 2.19. The van der Waals surface area contributed by atoms with Gasteiger partial charge in [-0.15, -0.1) is 0 Å². The van der Waals surface area contributed by atoms with Crippen molar-refractivity contribution in [1.82, 2.24) is 4.90 Å². The smallest absolute Gasteiger partial charge is 0.324 e. The number of benzene rings is 2. The van der Waals surface area contributed by atoms with Gasteiger partial charge in [-0.3, -0.25) is 14.5 Å². The first-order chi connectivity index (χ1) is 15.6. The lowest BCUT2D eigenvalue weighted by Gasteiger charge is -2.34. The van der Waals surface area contributed by atoms with Gasteiger partial charge >= 0.3 is 12.4 Å². The highest BCUT2D eigenvalue weighted by Crippen LogP contribution is 2.39. The highest BCUT2D eigenvalue weighted by molar-refractivity contribution is 6.08. The van der Waals surface area contributed by atoms with Gasteiger partial charge in [0, 0.05) is 11.4 Å². The minimum atomic E-state index is -5.05. The Morgan fingerprint density at radius 3 is 1.91 bits per heavy atom. The Balaban J connectivity index is 2.00. The van der Waals surface area contributed by atoms with Crippen LogP contribution in [0.1, 0.15) is 28.7 Å². The first-order valence-corrected chi connectivity index (χ1v) is 10.2. The molecule has 0 spiro atoms. The molecular weight excluding hydrogens is 464 g/mol. The third-order valence-electron chi connectivity index (χ3n) is 6.00. The third kappa shape index (κ3) is 4.75. The SMILES string of the molecule is Cc1cccc(C)c1N1C[C@](C(=O)Nc2cc(C(F)(F)F)cc(C(F)(F)F)c2)(N(C)C)CC1=O. The third-order valence-corrected chi connectivity index (χ3v) is 6.00. The van der Waals surface area contributed by atoms with Crippen LogP contribution in [-0.4, -0.2) is 42.9 Å². The number of amides is 2. The zero-order valence-corrected chi connectivity index (χ0v) is 18.9. The van der Waals surface area contributed by atoms with Crippen molar-refractivity contribution in [2.45, 2.75) is 38.2 Å². The minimum Gasteiger partial charge on any atom is -0.324 e. The van der Waals surface area contributed by atoms with Gasteiger partial charge in [0.1, 0.15) is 5.54 Å². The molecule has 0 aromatic heterocycles. The van der Waals surface area contributed by atoms with Crippen molar-refractivity contribution < 1.29 is 35.9 Å². The summed E-state index contributed by atoms with van der Waals surface area (Å²) in [6.45, 7) is 3.47. The quantitative estimate of drug-likeness (QED) is 0.617. The van der Waals surface area contributed by atoms with Crippen LogP contribution in [0, 0.1) is 13.8 Å². The molecule has 0 radical (unpaired) electrons. The predicted molar refractivity (Wildman–Crippen MR) is 114 cm³/mol. The Hall–Kier alpha value is -3.08. The summed E-state index contributed by atoms with van der Waals surface area (Å²) in [7, 11) is 3.04. The van der Waals surface area contributed by atoms with Crippen LogP contribution in [0.5, 0.6) is 0 Å². The molecule has 1 N–H and O–H groups in total. The molecule has 0 bridgehead atoms. The van der Waals surface area contributed by atoms with Gasteiger partial charge in [-0.25, -0.2) is 0 Å². The molecule has 1 saturated heterocycles. The van der Waals surface area contributed by atoms with Gasteiger partial charge < -0.3 is 10.2 Å². The van der Waals surface area contributed by atoms with Gasteiger partial charge in [-0.05, 0) is 57.3 Å². The van der Waals surface area contributed by atoms with Gasteiger partial charge in [-0.1, -0.05) is 18.2 Å². The molecule has 1 aliphatic heterocycles. The molecule has 1 heterocycles. The second-order valence-electron chi connectivity index (χ2n) is 8.57. The molecule has 1 aliphatic rings. The van der Waals surface area contributed by atoms with Crippen molar-refractivity contribution >= 4 is 23.2 Å². The van der Waals surface area contributed by atoms with E-state index in [-0.39, 0.29) is 24.9 Å². The highest BCUT2D eigenvalue weighted by Gasteiger charge is 2.51. The summed E-state index contributed by atoms with van der Waals surface area (Å²) in [5.41, 5.74) is -3.08. The Morgan fingerprint density at radius 1 is 0.971 bits per heavy atom. The van der Waals surface area contributed by atoms with Crippen LogP contribution in [-0.2, 0) is 21.9 Å². The summed E-state index contributed by atoms with van der Waals surface area (Å²) >= 11 is 0. The van der Waals surface area contributed by atoms with Gasteiger partial charge in [0.15, 0.2) is 0 Å². The van der Waals surface area contributed by atoms with E-state index in [4.69, 9.17) is 0 Å². The number of halogens is 6. The molecule has 0 aliphatic carbocycles. The lowest BCUT2D eigenvalue weighted by molar-refractivity contribution is -0.143. The number of carbonyl (C=O) groups excluding carboxylic acids is 2. The number of nitrogens with one attached hydrogen (secondary N) is 1. The molecule has 5 nitrogen and oxygen atoms in total. The molecule has 11 heteroatoms. The first-order valence-electron chi connectivity index (χ1n) is 10.2. The van der Waals surface area contributed by atoms with Crippen LogP contribution in [0.4, 0.5) is 37.7 Å². The van der Waals surface area contributed by atoms with Crippen molar-refractivity contribution in [2.24, 2.45) is 0 Å². The zero-order valence-electron chi connectivity index (χ0n) is 18.9. The zero-order chi connectivity index (χ0) is 25.6. The van der Waals surface area contributed by atoms with E-state index >= 15 is 0 Å². The van der Waals surface area contributed by atoms with E-state index in [2.05, 4.69) is 5.32 Å². The maximum atomic E-state index is 13.3. The molecular formula is C23H23F6N3O2. The molecule has 34 heavy (non-hydrogen) atoms. The Bertz CT molecular complexity index is 1070. The standard InChI is InChI=1S/C23H23F6N3O2/c1-13-6-5-7-14(2)19(13)32-12-21(31(3)4,11-18(32)33)20(34)30-17-9-15(22(24,25)26)8-16(10-17)23(27,28)29/h5-10H,11-12H2,1-4H3,(H,30,34)/t21-/m1/s1. The molecule has 2 aromatic carbocycles. The van der Waals surface area contributed by atoms with Crippen LogP contribution >= 0.6 is 0 Å². The van der Waals surface area contributed by atoms with Gasteiger partial charge in [0.05, 0.1) is 24.1 Å². The van der Waals surface area contributed by atoms with Crippen molar-refractivity contribution in [1.29, 1.82) is 0 Å². The number of alkyl halides is 6. The Morgan fingerprint density at radius 2 is 1.47 bits per heavy atom. The summed E-state index contributed by atoms with van der Waals surface area (Å²) in [5.74, 6) is -1.27. The van der Waals surface area contributed by atoms with Crippen molar-refractivity contribution in [2.75, 3.05) is 30.9 Å². The summed E-state index contributed by atoms with van der Waals surface area (Å²) in [6, 6.07) is 6.28. The van der Waals surface area contributed by atoms with Crippen LogP contribution in [0.2, 0.25) is 0 Å². The fraction of sp³-hybridized carbons (Fsp3) is 0.391. The monoisotopic (exact) mass is 487 g/mol. The maximum Gasteiger partial charge on any atom is 0.416 e. The summed E-state index contributed by atoms with van der Waals surface area (Å²) in [6.07, 6.45) is -10.4. The average molecular weight is 487 g/mol. The molecule has 2 aromatic rings. The van der Waals surface area contributed by atoms with E-state index in [1.807, 2.05) is 6.07 Å². The lowest BCUT2D eigenvalue weighted by atomic mass is 9.95. The van der Waals surface area contributed by atoms with Crippen LogP contribution in [0.3, 0.4) is 0 Å². The van der Waals surface area contributed by atoms with Gasteiger partial charge in [-0.2, -0.15) is 26.3 Å². The molecule has 184 valence electrons. The van der Waals surface area contributed by atoms with Gasteiger partial charge in [0.25, 0.3) is 0 Å². The highest BCUT2D eigenvalue weighted by atomic mass is 19.4. The number of nitrogens with zero attached hydrogens (tertiary/aromatic N) is 2. The fourth-order valence-electron chi connectivity index (χ4n) is 4.12. The minimum absolute atomic E-state index is 0.0147. The lowest BCUT2D eigenvalue weighted by Crippen LogP contribution is -2.55. The Kier molecular flexibility index (Phi) is 6.47. The van der Waals surface area contributed by atoms with Crippen LogP contribution in [0.15, 0.2) is 36.4 Å². The largest absolute Gasteiger partial charge is 0.416 e. The van der Waals surface area contributed by atoms with Gasteiger partial charge in [0.2, 0.25) is 11.8 Å². The molecule has 1 fully saturated rings. The van der Waals surface area contributed by atoms with Crippen molar-refractivity contribution in [3.05, 3.63) is 58.7 Å². The predicted octanol–water partition coefficient (Wildman–Crippen LogP) is 5.02. The summed E-state index contributed by atoms with van der Waals surface area (Å²) < 4.78 is 79.2. The number of hydrogen-bond donors (Lipinski definition) is 1. The number of likely N-dealkylation sites (N-methyl/N-ethyl adjacent to an activating group) is 1. The van der Waals surface area contributed by atoms with E-state index < -0.39 is 40.6 Å². The normalized spacial score (nSPS) is 19.1. The van der Waals surface area contributed by atoms with Crippen molar-refractivity contribution in [3.8, 4) is 0 Å². The van der Waals surface area contributed by atoms with E-state index in [1.165, 1.54) is 23.9 Å². The van der Waals surface area contributed by atoms with E-state index in [0.29, 0.717) is 17.8 Å². The average Bonchev–Trinajstić information content (AvgIpc) is 3.05. The van der Waals surface area contributed by atoms with E-state index in [9.17, 15) is 35.9 Å². The number of para-hydroxylation sites is 1. The second kappa shape index (κ2) is 8.61. The van der Waals surface area contributed by atoms with E-state index in [0.717, 1.165) is 11.1 Å². The molecule has 0 saturated carbocycles.